The predicted octanol–water partition coefficient (Wildman–Crippen LogP) is 1.89. The van der Waals surface area contributed by atoms with Crippen molar-refractivity contribution in [1.29, 1.82) is 0 Å². The van der Waals surface area contributed by atoms with Crippen LogP contribution in [0.5, 0.6) is 0 Å². The topological polar surface area (TPSA) is 92.1 Å². The number of carbonyl (C=O) groups is 2. The average Bonchev–Trinajstić information content (AvgIpc) is 3.24. The molecule has 2 amide bonds. The Hall–Kier alpha value is -1.50. The zero-order valence-electron chi connectivity index (χ0n) is 13.3. The van der Waals surface area contributed by atoms with Gasteiger partial charge in [-0.15, -0.1) is 11.8 Å². The molecule has 0 radical (unpaired) electrons. The van der Waals surface area contributed by atoms with Gasteiger partial charge in [0.05, 0.1) is 5.75 Å². The third-order valence-electron chi connectivity index (χ3n) is 4.88. The van der Waals surface area contributed by atoms with Crippen LogP contribution in [0.4, 0.5) is 0 Å². The number of carbonyl (C=O) groups excluding carboxylic acids is 2. The molecule has 0 aromatic carbocycles. The fourth-order valence-corrected chi connectivity index (χ4v) is 4.67. The molecule has 1 aliphatic carbocycles. The molecule has 6 nitrogen and oxygen atoms in total. The lowest BCUT2D eigenvalue weighted by atomic mass is 9.93. The molecule has 1 aliphatic heterocycles. The van der Waals surface area contributed by atoms with Crippen LogP contribution in [0.2, 0.25) is 0 Å². The summed E-state index contributed by atoms with van der Waals surface area (Å²) in [6.07, 6.45) is 6.97. The van der Waals surface area contributed by atoms with Crippen molar-refractivity contribution in [3.8, 4) is 0 Å². The van der Waals surface area contributed by atoms with Crippen LogP contribution >= 0.6 is 11.8 Å². The van der Waals surface area contributed by atoms with Crippen molar-refractivity contribution in [2.75, 3.05) is 18.8 Å². The molecule has 1 aromatic rings. The van der Waals surface area contributed by atoms with E-state index in [0.717, 1.165) is 31.6 Å². The highest BCUT2D eigenvalue weighted by Gasteiger charge is 2.26. The van der Waals surface area contributed by atoms with Crippen molar-refractivity contribution < 1.29 is 9.59 Å². The summed E-state index contributed by atoms with van der Waals surface area (Å²) in [5.41, 5.74) is 6.46. The number of nitrogens with zero attached hydrogens (tertiary/aromatic N) is 2. The number of likely N-dealkylation sites (tertiary alicyclic amines) is 1. The van der Waals surface area contributed by atoms with Crippen molar-refractivity contribution in [2.45, 2.75) is 49.7 Å². The molecule has 2 aliphatic rings. The molecular formula is C16H24N4O2S. The number of nitrogens with one attached hydrogen (secondary N) is 1. The number of nitrogens with two attached hydrogens (primary N) is 1. The normalized spacial score (nSPS) is 20.1. The number of piperidine rings is 1. The average molecular weight is 336 g/mol. The lowest BCUT2D eigenvalue weighted by Gasteiger charge is -2.31. The van der Waals surface area contributed by atoms with Gasteiger partial charge in [0.25, 0.3) is 5.91 Å². The fraction of sp³-hybridized carbons (Fsp3) is 0.688. The van der Waals surface area contributed by atoms with E-state index < -0.39 is 5.91 Å². The summed E-state index contributed by atoms with van der Waals surface area (Å²) in [5.74, 6) is 0.694. The van der Waals surface area contributed by atoms with Gasteiger partial charge in [0.1, 0.15) is 5.69 Å². The minimum Gasteiger partial charge on any atom is -0.364 e. The van der Waals surface area contributed by atoms with Crippen LogP contribution < -0.4 is 5.73 Å². The lowest BCUT2D eigenvalue weighted by Crippen LogP contribution is -2.39. The van der Waals surface area contributed by atoms with Crippen LogP contribution in [0.25, 0.3) is 0 Å². The molecule has 0 bridgehead atoms. The second kappa shape index (κ2) is 7.38. The highest BCUT2D eigenvalue weighted by molar-refractivity contribution is 8.00. The summed E-state index contributed by atoms with van der Waals surface area (Å²) >= 11 is 1.83. The Kier molecular flexibility index (Phi) is 5.25. The molecule has 2 heterocycles. The third kappa shape index (κ3) is 4.07. The number of primary amides is 1. The number of rotatable bonds is 5. The molecule has 23 heavy (non-hydrogen) atoms. The van der Waals surface area contributed by atoms with E-state index in [0.29, 0.717) is 16.9 Å². The van der Waals surface area contributed by atoms with E-state index in [-0.39, 0.29) is 11.6 Å². The van der Waals surface area contributed by atoms with Crippen LogP contribution in [0, 0.1) is 0 Å². The summed E-state index contributed by atoms with van der Waals surface area (Å²) in [6, 6.07) is 1.74. The minimum absolute atomic E-state index is 0.266. The Morgan fingerprint density at radius 2 is 1.96 bits per heavy atom. The molecule has 1 saturated carbocycles. The van der Waals surface area contributed by atoms with Crippen molar-refractivity contribution in [2.24, 2.45) is 5.73 Å². The lowest BCUT2D eigenvalue weighted by molar-refractivity contribution is -0.129. The van der Waals surface area contributed by atoms with Gasteiger partial charge in [0, 0.05) is 30.0 Å². The second-order valence-electron chi connectivity index (χ2n) is 6.45. The number of amides is 2. The van der Waals surface area contributed by atoms with Gasteiger partial charge in [0.2, 0.25) is 5.91 Å². The largest absolute Gasteiger partial charge is 0.364 e. The van der Waals surface area contributed by atoms with E-state index in [1.54, 1.807) is 6.07 Å². The Morgan fingerprint density at radius 1 is 1.26 bits per heavy atom. The van der Waals surface area contributed by atoms with E-state index in [2.05, 4.69) is 10.2 Å². The SMILES string of the molecule is NC(=O)c1cc(C2CCN(C(=O)CSC3CCCC3)CC2)[nH]n1. The van der Waals surface area contributed by atoms with Crippen LogP contribution in [0.3, 0.4) is 0 Å². The standard InChI is InChI=1S/C16H24N4O2S/c17-16(22)14-9-13(18-19-14)11-5-7-20(8-6-11)15(21)10-23-12-3-1-2-4-12/h9,11-12H,1-8,10H2,(H2,17,22)(H,18,19). The van der Waals surface area contributed by atoms with Crippen molar-refractivity contribution >= 4 is 23.6 Å². The zero-order valence-corrected chi connectivity index (χ0v) is 14.1. The Morgan fingerprint density at radius 3 is 2.57 bits per heavy atom. The monoisotopic (exact) mass is 336 g/mol. The zero-order chi connectivity index (χ0) is 16.2. The van der Waals surface area contributed by atoms with Crippen molar-refractivity contribution in [3.63, 3.8) is 0 Å². The van der Waals surface area contributed by atoms with Crippen LogP contribution in [-0.2, 0) is 4.79 Å². The third-order valence-corrected chi connectivity index (χ3v) is 6.24. The minimum atomic E-state index is -0.510. The molecule has 1 aromatic heterocycles. The molecule has 3 N–H and O–H groups in total. The molecular weight excluding hydrogens is 312 g/mol. The van der Waals surface area contributed by atoms with Crippen LogP contribution in [-0.4, -0.2) is 51.0 Å². The summed E-state index contributed by atoms with van der Waals surface area (Å²) < 4.78 is 0. The number of hydrogen-bond acceptors (Lipinski definition) is 4. The number of aromatic amines is 1. The smallest absolute Gasteiger partial charge is 0.269 e. The molecule has 2 fully saturated rings. The molecule has 0 unspecified atom stereocenters. The van der Waals surface area contributed by atoms with E-state index in [4.69, 9.17) is 5.73 Å². The first-order valence-electron chi connectivity index (χ1n) is 8.38. The first kappa shape index (κ1) is 16.4. The molecule has 0 atom stereocenters. The van der Waals surface area contributed by atoms with Gasteiger partial charge in [-0.1, -0.05) is 12.8 Å². The second-order valence-corrected chi connectivity index (χ2v) is 7.73. The first-order valence-corrected chi connectivity index (χ1v) is 9.43. The summed E-state index contributed by atoms with van der Waals surface area (Å²) in [6.45, 7) is 1.55. The van der Waals surface area contributed by atoms with Gasteiger partial charge in [-0.25, -0.2) is 0 Å². The summed E-state index contributed by atoms with van der Waals surface area (Å²) in [4.78, 5) is 25.4. The maximum Gasteiger partial charge on any atom is 0.269 e. The number of H-pyrrole nitrogens is 1. The number of aromatic nitrogens is 2. The number of hydrogen-bond donors (Lipinski definition) is 2. The van der Waals surface area contributed by atoms with Gasteiger partial charge >= 0.3 is 0 Å². The molecule has 126 valence electrons. The van der Waals surface area contributed by atoms with Gasteiger partial charge in [-0.3, -0.25) is 14.7 Å². The van der Waals surface area contributed by atoms with E-state index in [9.17, 15) is 9.59 Å². The Labute approximate surface area is 140 Å². The van der Waals surface area contributed by atoms with Gasteiger partial charge in [0.15, 0.2) is 0 Å². The quantitative estimate of drug-likeness (QED) is 0.859. The molecule has 1 saturated heterocycles. The Bertz CT molecular complexity index is 560. The van der Waals surface area contributed by atoms with Crippen LogP contribution in [0.15, 0.2) is 6.07 Å². The number of thioether (sulfide) groups is 1. The van der Waals surface area contributed by atoms with E-state index >= 15 is 0 Å². The summed E-state index contributed by atoms with van der Waals surface area (Å²) in [5, 5.41) is 7.53. The maximum absolute atomic E-state index is 12.3. The highest BCUT2D eigenvalue weighted by Crippen LogP contribution is 2.31. The van der Waals surface area contributed by atoms with E-state index in [1.807, 2.05) is 16.7 Å². The maximum atomic E-state index is 12.3. The first-order chi connectivity index (χ1) is 11.1. The fourth-order valence-electron chi connectivity index (χ4n) is 3.45. The highest BCUT2D eigenvalue weighted by atomic mass is 32.2. The van der Waals surface area contributed by atoms with Gasteiger partial charge in [-0.05, 0) is 31.7 Å². The Balaban J connectivity index is 1.45. The molecule has 7 heteroatoms. The van der Waals surface area contributed by atoms with Crippen molar-refractivity contribution in [3.05, 3.63) is 17.5 Å². The summed E-state index contributed by atoms with van der Waals surface area (Å²) in [7, 11) is 0. The predicted molar refractivity (Wildman–Crippen MR) is 90.4 cm³/mol. The van der Waals surface area contributed by atoms with Gasteiger partial charge in [-0.2, -0.15) is 5.10 Å². The van der Waals surface area contributed by atoms with Crippen LogP contribution in [0.1, 0.15) is 60.6 Å². The van der Waals surface area contributed by atoms with Crippen molar-refractivity contribution in [1.82, 2.24) is 15.1 Å². The van der Waals surface area contributed by atoms with Gasteiger partial charge < -0.3 is 10.6 Å². The molecule has 3 rings (SSSR count). The molecule has 0 spiro atoms. The van der Waals surface area contributed by atoms with E-state index in [1.165, 1.54) is 25.7 Å².